The van der Waals surface area contributed by atoms with Crippen molar-refractivity contribution < 1.29 is 20.0 Å². The average molecular weight is 293 g/mol. The number of nitrogens with zero attached hydrogens (tertiary/aromatic N) is 1. The Morgan fingerprint density at radius 2 is 2.19 bits per heavy atom. The van der Waals surface area contributed by atoms with Crippen molar-refractivity contribution in [3.63, 3.8) is 0 Å². The zero-order chi connectivity index (χ0) is 15.5. The summed E-state index contributed by atoms with van der Waals surface area (Å²) in [5, 5.41) is 15.4. The molecule has 1 aromatic rings. The van der Waals surface area contributed by atoms with Crippen molar-refractivity contribution in [2.24, 2.45) is 0 Å². The Morgan fingerprint density at radius 3 is 2.81 bits per heavy atom. The number of unbranched alkanes of at least 4 members (excludes halogenated alkanes) is 3. The second-order valence-corrected chi connectivity index (χ2v) is 5.00. The van der Waals surface area contributed by atoms with Gasteiger partial charge < -0.3 is 20.5 Å². The first-order chi connectivity index (χ1) is 10.1. The molecule has 0 saturated heterocycles. The van der Waals surface area contributed by atoms with Crippen molar-refractivity contribution in [1.82, 2.24) is 4.98 Å². The normalized spacial score (nSPS) is 11.9. The van der Waals surface area contributed by atoms with Crippen LogP contribution in [-0.2, 0) is 9.59 Å². The van der Waals surface area contributed by atoms with E-state index in [1.807, 2.05) is 0 Å². The quantitative estimate of drug-likeness (QED) is 0.577. The van der Waals surface area contributed by atoms with Crippen LogP contribution >= 0.6 is 0 Å². The van der Waals surface area contributed by atoms with Gasteiger partial charge in [0.05, 0.1) is 30.8 Å². The fourth-order valence-electron chi connectivity index (χ4n) is 2.00. The number of pyridine rings is 1. The van der Waals surface area contributed by atoms with E-state index in [2.05, 4.69) is 17.2 Å². The number of carboxylic acid groups (broad SMARTS) is 1. The smallest absolute Gasteiger partial charge is 0.230 e. The van der Waals surface area contributed by atoms with Crippen LogP contribution in [0.4, 0.5) is 5.69 Å². The van der Waals surface area contributed by atoms with Crippen molar-refractivity contribution >= 4 is 17.6 Å². The lowest BCUT2D eigenvalue weighted by molar-refractivity contribution is -0.682. The van der Waals surface area contributed by atoms with E-state index in [-0.39, 0.29) is 12.3 Å². The zero-order valence-electron chi connectivity index (χ0n) is 12.4. The lowest BCUT2D eigenvalue weighted by atomic mass is 10.1. The van der Waals surface area contributed by atoms with E-state index in [1.165, 1.54) is 6.20 Å². The molecule has 1 rings (SSSR count). The molecule has 0 bridgehead atoms. The van der Waals surface area contributed by atoms with Crippen LogP contribution in [0.2, 0.25) is 0 Å². The summed E-state index contributed by atoms with van der Waals surface area (Å²) in [6.07, 6.45) is 7.31. The lowest BCUT2D eigenvalue weighted by Gasteiger charge is -2.16. The minimum absolute atomic E-state index is 0.106. The van der Waals surface area contributed by atoms with Crippen LogP contribution in [0.25, 0.3) is 0 Å². The number of anilines is 1. The van der Waals surface area contributed by atoms with Gasteiger partial charge in [0.1, 0.15) is 6.04 Å². The van der Waals surface area contributed by atoms with E-state index in [0.717, 1.165) is 25.7 Å². The molecule has 0 spiro atoms. The van der Waals surface area contributed by atoms with Crippen LogP contribution < -0.4 is 15.7 Å². The largest absolute Gasteiger partial charge is 0.544 e. The first-order valence-electron chi connectivity index (χ1n) is 7.37. The second kappa shape index (κ2) is 9.88. The molecular formula is C15H23N3O3. The molecule has 6 heteroatoms. The van der Waals surface area contributed by atoms with Crippen LogP contribution in [0.5, 0.6) is 0 Å². The third kappa shape index (κ3) is 7.41. The van der Waals surface area contributed by atoms with Gasteiger partial charge in [-0.2, -0.15) is 0 Å². The van der Waals surface area contributed by atoms with Crippen molar-refractivity contribution in [2.75, 3.05) is 11.9 Å². The SMILES string of the molecule is CCCCCC[NH2+][C@H](CC(=O)Nc1cccnc1)C(=O)[O-]. The summed E-state index contributed by atoms with van der Waals surface area (Å²) in [6.45, 7) is 2.81. The van der Waals surface area contributed by atoms with Gasteiger partial charge in [-0.15, -0.1) is 0 Å². The van der Waals surface area contributed by atoms with E-state index < -0.39 is 12.0 Å². The number of aliphatic carboxylic acids is 1. The van der Waals surface area contributed by atoms with Crippen molar-refractivity contribution in [1.29, 1.82) is 0 Å². The van der Waals surface area contributed by atoms with Crippen molar-refractivity contribution in [3.05, 3.63) is 24.5 Å². The van der Waals surface area contributed by atoms with Crippen LogP contribution in [0.1, 0.15) is 39.0 Å². The van der Waals surface area contributed by atoms with Gasteiger partial charge in [-0.05, 0) is 25.0 Å². The summed E-state index contributed by atoms with van der Waals surface area (Å²) < 4.78 is 0. The molecule has 0 aliphatic carbocycles. The first kappa shape index (κ1) is 17.1. The summed E-state index contributed by atoms with van der Waals surface area (Å²) in [6, 6.07) is 2.56. The molecule has 0 aliphatic heterocycles. The minimum atomic E-state index is -1.20. The highest BCUT2D eigenvalue weighted by Gasteiger charge is 2.18. The molecule has 0 aromatic carbocycles. The first-order valence-corrected chi connectivity index (χ1v) is 7.37. The van der Waals surface area contributed by atoms with E-state index >= 15 is 0 Å². The highest BCUT2D eigenvalue weighted by molar-refractivity contribution is 5.93. The van der Waals surface area contributed by atoms with Crippen molar-refractivity contribution in [2.45, 2.75) is 45.1 Å². The summed E-state index contributed by atoms with van der Waals surface area (Å²) in [5.41, 5.74) is 0.558. The van der Waals surface area contributed by atoms with Gasteiger partial charge in [-0.3, -0.25) is 9.78 Å². The number of carbonyl (C=O) groups is 2. The molecule has 1 aromatic heterocycles. The number of carbonyl (C=O) groups excluding carboxylic acids is 2. The molecule has 116 valence electrons. The van der Waals surface area contributed by atoms with Crippen molar-refractivity contribution in [3.8, 4) is 0 Å². The molecule has 21 heavy (non-hydrogen) atoms. The molecule has 0 aliphatic rings. The van der Waals surface area contributed by atoms with E-state index in [1.54, 1.807) is 23.6 Å². The van der Waals surface area contributed by atoms with Crippen LogP contribution in [0.15, 0.2) is 24.5 Å². The maximum Gasteiger partial charge on any atom is 0.230 e. The Balaban J connectivity index is 2.36. The topological polar surface area (TPSA) is 98.7 Å². The van der Waals surface area contributed by atoms with Gasteiger partial charge in [0.2, 0.25) is 5.91 Å². The van der Waals surface area contributed by atoms with E-state index in [4.69, 9.17) is 0 Å². The van der Waals surface area contributed by atoms with Gasteiger partial charge in [-0.1, -0.05) is 19.8 Å². The number of quaternary nitrogens is 1. The number of amides is 1. The highest BCUT2D eigenvalue weighted by Crippen LogP contribution is 2.03. The Bertz CT molecular complexity index is 437. The van der Waals surface area contributed by atoms with Gasteiger partial charge in [-0.25, -0.2) is 0 Å². The minimum Gasteiger partial charge on any atom is -0.544 e. The number of nitrogens with two attached hydrogens (primary N) is 1. The average Bonchev–Trinajstić information content (AvgIpc) is 2.46. The summed E-state index contributed by atoms with van der Waals surface area (Å²) in [4.78, 5) is 26.8. The lowest BCUT2D eigenvalue weighted by Crippen LogP contribution is -2.93. The molecule has 1 atom stereocenters. The third-order valence-corrected chi connectivity index (χ3v) is 3.16. The molecule has 1 amide bonds. The van der Waals surface area contributed by atoms with Crippen LogP contribution in [0, 0.1) is 0 Å². The molecular weight excluding hydrogens is 270 g/mol. The fraction of sp³-hybridized carbons (Fsp3) is 0.533. The van der Waals surface area contributed by atoms with E-state index in [9.17, 15) is 14.7 Å². The van der Waals surface area contributed by atoms with Gasteiger partial charge >= 0.3 is 0 Å². The van der Waals surface area contributed by atoms with Crippen LogP contribution in [0.3, 0.4) is 0 Å². The Kier molecular flexibility index (Phi) is 8.04. The molecule has 0 unspecified atom stereocenters. The number of nitrogens with one attached hydrogen (secondary N) is 1. The number of hydrogen-bond acceptors (Lipinski definition) is 4. The zero-order valence-corrected chi connectivity index (χ0v) is 12.4. The van der Waals surface area contributed by atoms with Gasteiger partial charge in [0.15, 0.2) is 0 Å². The molecule has 0 saturated carbocycles. The molecule has 3 N–H and O–H groups in total. The highest BCUT2D eigenvalue weighted by atomic mass is 16.4. The predicted molar refractivity (Wildman–Crippen MR) is 77.2 cm³/mol. The molecule has 0 fully saturated rings. The second-order valence-electron chi connectivity index (χ2n) is 5.00. The third-order valence-electron chi connectivity index (χ3n) is 3.16. The van der Waals surface area contributed by atoms with Crippen LogP contribution in [-0.4, -0.2) is 29.4 Å². The summed E-state index contributed by atoms with van der Waals surface area (Å²) in [7, 11) is 0. The number of rotatable bonds is 10. The maximum atomic E-state index is 11.8. The Labute approximate surface area is 125 Å². The molecule has 1 heterocycles. The Hall–Kier alpha value is -1.95. The van der Waals surface area contributed by atoms with Gasteiger partial charge in [0, 0.05) is 6.20 Å². The molecule has 0 radical (unpaired) electrons. The number of hydrogen-bond donors (Lipinski definition) is 2. The Morgan fingerprint density at radius 1 is 1.38 bits per heavy atom. The summed E-state index contributed by atoms with van der Waals surface area (Å²) in [5.74, 6) is -1.55. The number of aromatic nitrogens is 1. The number of carboxylic acids is 1. The maximum absolute atomic E-state index is 11.8. The molecule has 6 nitrogen and oxygen atoms in total. The fourth-order valence-corrected chi connectivity index (χ4v) is 2.00. The monoisotopic (exact) mass is 293 g/mol. The van der Waals surface area contributed by atoms with E-state index in [0.29, 0.717) is 12.2 Å². The summed E-state index contributed by atoms with van der Waals surface area (Å²) >= 11 is 0. The predicted octanol–water partition coefficient (Wildman–Crippen LogP) is -0.328. The van der Waals surface area contributed by atoms with Gasteiger partial charge in [0.25, 0.3) is 0 Å². The standard InChI is InChI=1S/C15H23N3O3/c1-2-3-4-5-9-17-13(15(20)21)10-14(19)18-12-7-6-8-16-11-12/h6-8,11,13,17H,2-5,9-10H2,1H3,(H,18,19)(H,20,21)/t13-/m1/s1.